The van der Waals surface area contributed by atoms with E-state index in [4.69, 9.17) is 4.74 Å². The number of nitrogens with zero attached hydrogens (tertiary/aromatic N) is 1. The van der Waals surface area contributed by atoms with Crippen molar-refractivity contribution < 1.29 is 9.53 Å². The Hall–Kier alpha value is -1.60. The Bertz CT molecular complexity index is 659. The normalized spacial score (nSPS) is 24.8. The van der Waals surface area contributed by atoms with Crippen LogP contribution in [-0.2, 0) is 9.53 Å². The number of rotatable bonds is 2. The van der Waals surface area contributed by atoms with Gasteiger partial charge in [0.2, 0.25) is 0 Å². The van der Waals surface area contributed by atoms with E-state index in [2.05, 4.69) is 35.0 Å². The first-order chi connectivity index (χ1) is 9.78. The Kier molecular flexibility index (Phi) is 3.99. The van der Waals surface area contributed by atoms with Crippen LogP contribution in [0, 0.1) is 22.2 Å². The highest BCUT2D eigenvalue weighted by Crippen LogP contribution is 2.54. The van der Waals surface area contributed by atoms with Crippen LogP contribution in [0.3, 0.4) is 0 Å². The van der Waals surface area contributed by atoms with Crippen LogP contribution in [0.25, 0.3) is 0 Å². The number of hydrogen-bond acceptors (Lipinski definition) is 3. The third kappa shape index (κ3) is 2.40. The number of hydrogen-bond donors (Lipinski definition) is 0. The lowest BCUT2D eigenvalue weighted by Crippen LogP contribution is -2.32. The molecule has 110 valence electrons. The maximum atomic E-state index is 12.2. The monoisotopic (exact) mass is 347 g/mol. The molecular formula is C17H18BrNO2. The van der Waals surface area contributed by atoms with Gasteiger partial charge in [0.1, 0.15) is 0 Å². The molecule has 2 rings (SSSR count). The zero-order valence-electron chi connectivity index (χ0n) is 12.7. The number of carbonyl (C=O) groups excluding carboxylic acids is 1. The van der Waals surface area contributed by atoms with Crippen LogP contribution in [0.2, 0.25) is 0 Å². The highest BCUT2D eigenvalue weighted by Gasteiger charge is 2.44. The molecule has 21 heavy (non-hydrogen) atoms. The van der Waals surface area contributed by atoms with Gasteiger partial charge in [0.15, 0.2) is 0 Å². The zero-order valence-corrected chi connectivity index (χ0v) is 14.2. The van der Waals surface area contributed by atoms with E-state index >= 15 is 0 Å². The van der Waals surface area contributed by atoms with Crippen molar-refractivity contribution in [2.45, 2.75) is 27.2 Å². The van der Waals surface area contributed by atoms with E-state index in [0.29, 0.717) is 5.57 Å². The standard InChI is InChI=1S/C17H18BrNO2/c1-16(2,10-19)14-11(15(20)21-4)9-13(18)17(3)8-6-5-7-12(14)17/h5-7,9H,8H2,1-4H3. The first kappa shape index (κ1) is 15.8. The predicted molar refractivity (Wildman–Crippen MR) is 85.4 cm³/mol. The summed E-state index contributed by atoms with van der Waals surface area (Å²) in [5.41, 5.74) is 1.20. The maximum absolute atomic E-state index is 12.2. The Morgan fingerprint density at radius 1 is 1.52 bits per heavy atom. The summed E-state index contributed by atoms with van der Waals surface area (Å²) in [4.78, 5) is 12.2. The van der Waals surface area contributed by atoms with E-state index in [1.165, 1.54) is 7.11 Å². The lowest BCUT2D eigenvalue weighted by molar-refractivity contribution is -0.135. The second kappa shape index (κ2) is 5.31. The SMILES string of the molecule is COC(=O)C1=C(C(C)(C)C#N)C2=CC=CCC2(C)C(Br)=C1. The molecule has 1 unspecified atom stereocenters. The summed E-state index contributed by atoms with van der Waals surface area (Å²) >= 11 is 3.60. The lowest BCUT2D eigenvalue weighted by atomic mass is 9.63. The minimum atomic E-state index is -0.772. The molecule has 2 aliphatic carbocycles. The van der Waals surface area contributed by atoms with E-state index in [-0.39, 0.29) is 5.41 Å². The van der Waals surface area contributed by atoms with E-state index in [0.717, 1.165) is 22.0 Å². The Balaban J connectivity index is 2.81. The number of methoxy groups -OCH3 is 1. The molecule has 2 aliphatic rings. The Morgan fingerprint density at radius 3 is 2.76 bits per heavy atom. The fourth-order valence-electron chi connectivity index (χ4n) is 2.85. The number of halogens is 1. The van der Waals surface area contributed by atoms with Crippen LogP contribution >= 0.6 is 15.9 Å². The zero-order chi connectivity index (χ0) is 15.8. The molecule has 0 aromatic carbocycles. The van der Waals surface area contributed by atoms with Gasteiger partial charge < -0.3 is 4.74 Å². The molecule has 0 saturated heterocycles. The molecule has 4 heteroatoms. The first-order valence-corrected chi connectivity index (χ1v) is 7.57. The van der Waals surface area contributed by atoms with Gasteiger partial charge in [0.05, 0.1) is 24.2 Å². The molecule has 0 bridgehead atoms. The topological polar surface area (TPSA) is 50.1 Å². The molecule has 0 aromatic rings. The summed E-state index contributed by atoms with van der Waals surface area (Å²) in [6.45, 7) is 5.78. The van der Waals surface area contributed by atoms with E-state index in [9.17, 15) is 10.1 Å². The fraction of sp³-hybridized carbons (Fsp3) is 0.412. The van der Waals surface area contributed by atoms with Crippen molar-refractivity contribution in [2.75, 3.05) is 7.11 Å². The van der Waals surface area contributed by atoms with Crippen LogP contribution in [0.1, 0.15) is 27.2 Å². The molecule has 0 aromatic heterocycles. The van der Waals surface area contributed by atoms with Gasteiger partial charge in [-0.15, -0.1) is 0 Å². The second-order valence-corrected chi connectivity index (χ2v) is 6.91. The van der Waals surface area contributed by atoms with E-state index < -0.39 is 11.4 Å². The summed E-state index contributed by atoms with van der Waals surface area (Å²) in [6.07, 6.45) is 8.70. The Morgan fingerprint density at radius 2 is 2.19 bits per heavy atom. The molecule has 0 amide bonds. The molecule has 3 nitrogen and oxygen atoms in total. The van der Waals surface area contributed by atoms with Crippen molar-refractivity contribution in [1.82, 2.24) is 0 Å². The average molecular weight is 348 g/mol. The van der Waals surface area contributed by atoms with Crippen molar-refractivity contribution in [1.29, 1.82) is 5.26 Å². The molecule has 0 radical (unpaired) electrons. The van der Waals surface area contributed by atoms with Gasteiger partial charge in [-0.2, -0.15) is 5.26 Å². The molecule has 0 aliphatic heterocycles. The molecule has 0 spiro atoms. The summed E-state index contributed by atoms with van der Waals surface area (Å²) in [5.74, 6) is -0.414. The number of allylic oxidation sites excluding steroid dienone is 6. The highest BCUT2D eigenvalue weighted by atomic mass is 79.9. The molecular weight excluding hydrogens is 330 g/mol. The Labute approximate surface area is 133 Å². The fourth-order valence-corrected chi connectivity index (χ4v) is 3.46. The second-order valence-electron chi connectivity index (χ2n) is 6.05. The third-order valence-corrected chi connectivity index (χ3v) is 5.27. The molecule has 0 N–H and O–H groups in total. The van der Waals surface area contributed by atoms with Gasteiger partial charge in [-0.1, -0.05) is 41.1 Å². The maximum Gasteiger partial charge on any atom is 0.338 e. The predicted octanol–water partition coefficient (Wildman–Crippen LogP) is 4.19. The minimum Gasteiger partial charge on any atom is -0.465 e. The van der Waals surface area contributed by atoms with Gasteiger partial charge in [-0.05, 0) is 37.5 Å². The number of fused-ring (bicyclic) bond motifs is 1. The molecule has 1 atom stereocenters. The van der Waals surface area contributed by atoms with Gasteiger partial charge in [0, 0.05) is 9.90 Å². The van der Waals surface area contributed by atoms with Gasteiger partial charge in [-0.25, -0.2) is 4.79 Å². The van der Waals surface area contributed by atoms with Crippen molar-refractivity contribution in [2.24, 2.45) is 10.8 Å². The summed E-state index contributed by atoms with van der Waals surface area (Å²) in [5, 5.41) is 9.54. The van der Waals surface area contributed by atoms with Gasteiger partial charge in [-0.3, -0.25) is 0 Å². The molecule has 0 saturated carbocycles. The van der Waals surface area contributed by atoms with Crippen LogP contribution in [0.15, 0.2) is 45.5 Å². The van der Waals surface area contributed by atoms with Crippen LogP contribution in [0.5, 0.6) is 0 Å². The van der Waals surface area contributed by atoms with Crippen LogP contribution in [0.4, 0.5) is 0 Å². The van der Waals surface area contributed by atoms with Crippen molar-refractivity contribution in [3.8, 4) is 6.07 Å². The smallest absolute Gasteiger partial charge is 0.338 e. The van der Waals surface area contributed by atoms with Crippen molar-refractivity contribution in [3.05, 3.63) is 45.5 Å². The lowest BCUT2D eigenvalue weighted by Gasteiger charge is -2.41. The van der Waals surface area contributed by atoms with Crippen molar-refractivity contribution >= 4 is 21.9 Å². The summed E-state index contributed by atoms with van der Waals surface area (Å²) in [6, 6.07) is 2.31. The first-order valence-electron chi connectivity index (χ1n) is 6.77. The van der Waals surface area contributed by atoms with E-state index in [1.807, 2.05) is 26.0 Å². The van der Waals surface area contributed by atoms with E-state index in [1.54, 1.807) is 6.08 Å². The number of ether oxygens (including phenoxy) is 1. The number of carbonyl (C=O) groups is 1. The minimum absolute atomic E-state index is 0.240. The molecule has 0 heterocycles. The highest BCUT2D eigenvalue weighted by molar-refractivity contribution is 9.11. The van der Waals surface area contributed by atoms with Crippen molar-refractivity contribution in [3.63, 3.8) is 0 Å². The summed E-state index contributed by atoms with van der Waals surface area (Å²) < 4.78 is 5.84. The van der Waals surface area contributed by atoms with Crippen LogP contribution in [-0.4, -0.2) is 13.1 Å². The number of nitriles is 1. The molecule has 0 fully saturated rings. The third-order valence-electron chi connectivity index (χ3n) is 4.17. The largest absolute Gasteiger partial charge is 0.465 e. The quantitative estimate of drug-likeness (QED) is 0.703. The van der Waals surface area contributed by atoms with Crippen LogP contribution < -0.4 is 0 Å². The number of esters is 1. The summed E-state index contributed by atoms with van der Waals surface area (Å²) in [7, 11) is 1.36. The van der Waals surface area contributed by atoms with Gasteiger partial charge >= 0.3 is 5.97 Å². The van der Waals surface area contributed by atoms with Gasteiger partial charge in [0.25, 0.3) is 0 Å². The average Bonchev–Trinajstić information content (AvgIpc) is 2.46.